The van der Waals surface area contributed by atoms with Crippen LogP contribution < -0.4 is 21.9 Å². The molecular formula is C19H21N7O4. The van der Waals surface area contributed by atoms with Crippen molar-refractivity contribution < 1.29 is 4.92 Å². The maximum absolute atomic E-state index is 11.7. The van der Waals surface area contributed by atoms with Crippen LogP contribution in [0, 0.1) is 30.9 Å². The highest BCUT2D eigenvalue weighted by Gasteiger charge is 2.19. The second-order valence-electron chi connectivity index (χ2n) is 6.81. The van der Waals surface area contributed by atoms with Gasteiger partial charge in [-0.3, -0.25) is 24.5 Å². The summed E-state index contributed by atoms with van der Waals surface area (Å²) in [5.74, 6) is 0.233. The van der Waals surface area contributed by atoms with Gasteiger partial charge in [0.2, 0.25) is 11.8 Å². The van der Waals surface area contributed by atoms with Crippen molar-refractivity contribution in [1.82, 2.24) is 19.5 Å². The molecule has 0 saturated heterocycles. The van der Waals surface area contributed by atoms with Gasteiger partial charge < -0.3 is 10.6 Å². The molecular weight excluding hydrogens is 390 g/mol. The third-order valence-corrected chi connectivity index (χ3v) is 4.42. The lowest BCUT2D eigenvalue weighted by atomic mass is 10.1. The number of nitro groups is 1. The molecule has 0 aliphatic carbocycles. The molecule has 3 aromatic rings. The zero-order valence-corrected chi connectivity index (χ0v) is 16.7. The summed E-state index contributed by atoms with van der Waals surface area (Å²) in [6, 6.07) is 5.20. The maximum atomic E-state index is 11.7. The van der Waals surface area contributed by atoms with E-state index >= 15 is 0 Å². The molecule has 0 saturated carbocycles. The number of hydrogen-bond acceptors (Lipinski definition) is 8. The smallest absolute Gasteiger partial charge is 0.329 e. The fourth-order valence-electron chi connectivity index (χ4n) is 3.09. The van der Waals surface area contributed by atoms with Crippen molar-refractivity contribution in [3.8, 4) is 0 Å². The Balaban J connectivity index is 1.81. The zero-order valence-electron chi connectivity index (χ0n) is 16.7. The Morgan fingerprint density at radius 1 is 1.20 bits per heavy atom. The highest BCUT2D eigenvalue weighted by molar-refractivity contribution is 5.71. The number of nitrogens with zero attached hydrogens (tertiary/aromatic N) is 4. The Morgan fingerprint density at radius 3 is 2.53 bits per heavy atom. The van der Waals surface area contributed by atoms with Crippen molar-refractivity contribution in [3.05, 3.63) is 78.2 Å². The van der Waals surface area contributed by atoms with Crippen molar-refractivity contribution in [2.24, 2.45) is 0 Å². The Labute approximate surface area is 171 Å². The van der Waals surface area contributed by atoms with E-state index in [0.29, 0.717) is 0 Å². The predicted octanol–water partition coefficient (Wildman–Crippen LogP) is 2.02. The fraction of sp³-hybridized carbons (Fsp3) is 0.263. The number of rotatable bonds is 7. The van der Waals surface area contributed by atoms with Gasteiger partial charge in [-0.1, -0.05) is 17.7 Å². The van der Waals surface area contributed by atoms with E-state index < -0.39 is 16.2 Å². The summed E-state index contributed by atoms with van der Waals surface area (Å²) in [6.07, 6.45) is 2.51. The Kier molecular flexibility index (Phi) is 5.90. The zero-order chi connectivity index (χ0) is 21.8. The predicted molar refractivity (Wildman–Crippen MR) is 112 cm³/mol. The number of aromatic amines is 1. The molecule has 11 nitrogen and oxygen atoms in total. The quantitative estimate of drug-likeness (QED) is 0.395. The second kappa shape index (κ2) is 8.55. The molecule has 156 valence electrons. The Bertz CT molecular complexity index is 1190. The Morgan fingerprint density at radius 2 is 1.90 bits per heavy atom. The van der Waals surface area contributed by atoms with E-state index in [4.69, 9.17) is 0 Å². The topological polar surface area (TPSA) is 148 Å². The summed E-state index contributed by atoms with van der Waals surface area (Å²) < 4.78 is 1.32. The molecule has 0 aliphatic heterocycles. The molecule has 3 N–H and O–H groups in total. The molecule has 0 amide bonds. The maximum Gasteiger partial charge on any atom is 0.329 e. The molecule has 1 aromatic carbocycles. The lowest BCUT2D eigenvalue weighted by molar-refractivity contribution is -0.384. The summed E-state index contributed by atoms with van der Waals surface area (Å²) in [4.78, 5) is 44.1. The summed E-state index contributed by atoms with van der Waals surface area (Å²) >= 11 is 0. The normalized spacial score (nSPS) is 10.6. The highest BCUT2D eigenvalue weighted by Crippen LogP contribution is 2.30. The molecule has 0 fully saturated rings. The van der Waals surface area contributed by atoms with E-state index in [2.05, 4.69) is 25.6 Å². The van der Waals surface area contributed by atoms with Crippen molar-refractivity contribution in [1.29, 1.82) is 0 Å². The minimum Gasteiger partial charge on any atom is -0.352 e. The van der Waals surface area contributed by atoms with Gasteiger partial charge in [-0.05, 0) is 31.9 Å². The van der Waals surface area contributed by atoms with Crippen molar-refractivity contribution in [3.63, 3.8) is 0 Å². The molecule has 0 atom stereocenters. The molecule has 0 radical (unpaired) electrons. The summed E-state index contributed by atoms with van der Waals surface area (Å²) in [5, 5.41) is 17.4. The van der Waals surface area contributed by atoms with Crippen LogP contribution in [-0.2, 0) is 6.54 Å². The van der Waals surface area contributed by atoms with E-state index in [1.165, 1.54) is 16.8 Å². The average Bonchev–Trinajstić information content (AvgIpc) is 2.66. The minimum absolute atomic E-state index is 0.0637. The standard InChI is InChI=1S/C19H21N7O4/c1-11-8-12(2)16(13(3)9-11)23-17-14(26(29)30)10-21-18(24-17)20-5-7-25-6-4-15(27)22-19(25)28/h4,6,8-10H,5,7H2,1-3H3,(H,22,27,28)(H2,20,21,23,24). The van der Waals surface area contributed by atoms with Gasteiger partial charge in [0, 0.05) is 31.0 Å². The van der Waals surface area contributed by atoms with Crippen molar-refractivity contribution >= 4 is 23.1 Å². The summed E-state index contributed by atoms with van der Waals surface area (Å²) in [5.41, 5.74) is 2.46. The van der Waals surface area contributed by atoms with E-state index in [0.717, 1.165) is 28.6 Å². The van der Waals surface area contributed by atoms with Gasteiger partial charge in [-0.15, -0.1) is 0 Å². The number of aromatic nitrogens is 4. The van der Waals surface area contributed by atoms with Gasteiger partial charge in [-0.2, -0.15) is 4.98 Å². The molecule has 2 heterocycles. The fourth-order valence-corrected chi connectivity index (χ4v) is 3.09. The second-order valence-corrected chi connectivity index (χ2v) is 6.81. The summed E-state index contributed by atoms with van der Waals surface area (Å²) in [6.45, 7) is 6.32. The first-order valence-electron chi connectivity index (χ1n) is 9.14. The minimum atomic E-state index is -0.551. The lowest BCUT2D eigenvalue weighted by Crippen LogP contribution is -2.30. The third-order valence-electron chi connectivity index (χ3n) is 4.42. The SMILES string of the molecule is Cc1cc(C)c(Nc2nc(NCCn3ccc(=O)[nH]c3=O)ncc2[N+](=O)[O-])c(C)c1. The van der Waals surface area contributed by atoms with Crippen LogP contribution >= 0.6 is 0 Å². The van der Waals surface area contributed by atoms with Crippen LogP contribution in [0.1, 0.15) is 16.7 Å². The van der Waals surface area contributed by atoms with Gasteiger partial charge in [0.1, 0.15) is 6.20 Å². The summed E-state index contributed by atoms with van der Waals surface area (Å²) in [7, 11) is 0. The van der Waals surface area contributed by atoms with E-state index in [-0.39, 0.29) is 30.5 Å². The molecule has 0 aliphatic rings. The van der Waals surface area contributed by atoms with E-state index in [1.54, 1.807) is 0 Å². The van der Waals surface area contributed by atoms with Crippen LogP contribution in [0.2, 0.25) is 0 Å². The van der Waals surface area contributed by atoms with Crippen LogP contribution in [-0.4, -0.2) is 31.0 Å². The average molecular weight is 411 g/mol. The lowest BCUT2D eigenvalue weighted by Gasteiger charge is -2.14. The van der Waals surface area contributed by atoms with E-state index in [9.17, 15) is 19.7 Å². The van der Waals surface area contributed by atoms with Crippen LogP contribution in [0.4, 0.5) is 23.1 Å². The van der Waals surface area contributed by atoms with Gasteiger partial charge in [-0.25, -0.2) is 9.78 Å². The molecule has 2 aromatic heterocycles. The number of benzene rings is 1. The van der Waals surface area contributed by atoms with Gasteiger partial charge in [0.15, 0.2) is 0 Å². The van der Waals surface area contributed by atoms with Crippen LogP contribution in [0.3, 0.4) is 0 Å². The van der Waals surface area contributed by atoms with Crippen molar-refractivity contribution in [2.75, 3.05) is 17.2 Å². The first-order chi connectivity index (χ1) is 14.2. The number of nitrogens with one attached hydrogen (secondary N) is 3. The number of hydrogen-bond donors (Lipinski definition) is 3. The molecule has 0 spiro atoms. The van der Waals surface area contributed by atoms with Crippen LogP contribution in [0.15, 0.2) is 40.2 Å². The monoisotopic (exact) mass is 411 g/mol. The van der Waals surface area contributed by atoms with E-state index in [1.807, 2.05) is 32.9 Å². The molecule has 30 heavy (non-hydrogen) atoms. The number of anilines is 3. The van der Waals surface area contributed by atoms with Gasteiger partial charge in [0.25, 0.3) is 5.56 Å². The van der Waals surface area contributed by atoms with Gasteiger partial charge >= 0.3 is 11.4 Å². The first kappa shape index (κ1) is 20.7. The molecule has 11 heteroatoms. The molecule has 0 unspecified atom stereocenters. The van der Waals surface area contributed by atoms with Crippen molar-refractivity contribution in [2.45, 2.75) is 27.3 Å². The number of aryl methyl sites for hydroxylation is 3. The highest BCUT2D eigenvalue weighted by atomic mass is 16.6. The third kappa shape index (κ3) is 4.69. The first-order valence-corrected chi connectivity index (χ1v) is 9.14. The molecule has 3 rings (SSSR count). The number of H-pyrrole nitrogens is 1. The Hall–Kier alpha value is -4.02. The van der Waals surface area contributed by atoms with Crippen LogP contribution in [0.5, 0.6) is 0 Å². The molecule has 0 bridgehead atoms. The van der Waals surface area contributed by atoms with Gasteiger partial charge in [0.05, 0.1) is 4.92 Å². The largest absolute Gasteiger partial charge is 0.352 e. The van der Waals surface area contributed by atoms with Crippen LogP contribution in [0.25, 0.3) is 0 Å².